The van der Waals surface area contributed by atoms with Crippen LogP contribution in [0.4, 0.5) is 4.39 Å². The summed E-state index contributed by atoms with van der Waals surface area (Å²) in [5.41, 5.74) is 3.63. The minimum absolute atomic E-state index is 0.0657. The molecule has 0 saturated carbocycles. The molecule has 6 rings (SSSR count). The molecular formula is C37H37FN4O3. The number of nitrogens with zero attached hydrogens (tertiary/aromatic N) is 4. The van der Waals surface area contributed by atoms with Crippen LogP contribution in [-0.4, -0.2) is 58.5 Å². The molecule has 4 aromatic carbocycles. The van der Waals surface area contributed by atoms with Gasteiger partial charge in [0.1, 0.15) is 5.82 Å². The van der Waals surface area contributed by atoms with Crippen molar-refractivity contribution in [2.24, 2.45) is 0 Å². The number of likely N-dealkylation sites (tertiary alicyclic amines) is 1. The van der Waals surface area contributed by atoms with Crippen molar-refractivity contribution in [3.05, 3.63) is 125 Å². The maximum Gasteiger partial charge on any atom is 0.266 e. The van der Waals surface area contributed by atoms with E-state index in [9.17, 15) is 14.0 Å². The van der Waals surface area contributed by atoms with Gasteiger partial charge in [-0.15, -0.1) is 0 Å². The average Bonchev–Trinajstić information content (AvgIpc) is 3.59. The van der Waals surface area contributed by atoms with Gasteiger partial charge in [-0.2, -0.15) is 0 Å². The Hall–Kier alpha value is -4.82. The summed E-state index contributed by atoms with van der Waals surface area (Å²) in [6.45, 7) is 5.09. The Bertz CT molecular complexity index is 1850. The molecule has 0 aliphatic carbocycles. The Kier molecular flexibility index (Phi) is 9.03. The molecule has 0 spiro atoms. The SMILES string of the molecule is COc1ccc(-n2c(C(C)N(CCN3CCCC3)C(=O)Cc3ccc(-c4ccccc4)cc3)nc3ccccc3c2=O)cc1F. The molecule has 7 nitrogen and oxygen atoms in total. The van der Waals surface area contributed by atoms with E-state index in [0.717, 1.165) is 49.2 Å². The first-order valence-corrected chi connectivity index (χ1v) is 15.4. The van der Waals surface area contributed by atoms with Crippen molar-refractivity contribution in [2.75, 3.05) is 33.3 Å². The van der Waals surface area contributed by atoms with Crippen LogP contribution in [0.25, 0.3) is 27.7 Å². The maximum absolute atomic E-state index is 14.9. The van der Waals surface area contributed by atoms with Crippen LogP contribution in [0.15, 0.2) is 102 Å². The lowest BCUT2D eigenvalue weighted by atomic mass is 10.0. The molecule has 1 fully saturated rings. The number of hydrogen-bond acceptors (Lipinski definition) is 5. The number of carbonyl (C=O) groups excluding carboxylic acids is 1. The highest BCUT2D eigenvalue weighted by atomic mass is 19.1. The summed E-state index contributed by atoms with van der Waals surface area (Å²) in [7, 11) is 1.40. The molecule has 1 aromatic heterocycles. The van der Waals surface area contributed by atoms with Crippen LogP contribution in [0.1, 0.15) is 37.2 Å². The number of benzene rings is 4. The van der Waals surface area contributed by atoms with Crippen molar-refractivity contribution in [1.29, 1.82) is 0 Å². The number of ether oxygens (including phenoxy) is 1. The van der Waals surface area contributed by atoms with Crippen LogP contribution in [0, 0.1) is 5.82 Å². The molecule has 5 aromatic rings. The number of para-hydroxylation sites is 1. The first-order valence-electron chi connectivity index (χ1n) is 15.4. The van der Waals surface area contributed by atoms with Crippen LogP contribution >= 0.6 is 0 Å². The zero-order chi connectivity index (χ0) is 31.3. The molecule has 1 unspecified atom stereocenters. The van der Waals surface area contributed by atoms with E-state index < -0.39 is 11.9 Å². The van der Waals surface area contributed by atoms with Crippen molar-refractivity contribution < 1.29 is 13.9 Å². The summed E-state index contributed by atoms with van der Waals surface area (Å²) in [6.07, 6.45) is 2.49. The Balaban J connectivity index is 1.37. The monoisotopic (exact) mass is 604 g/mol. The summed E-state index contributed by atoms with van der Waals surface area (Å²) in [4.78, 5) is 37.2. The lowest BCUT2D eigenvalue weighted by Gasteiger charge is -2.32. The lowest BCUT2D eigenvalue weighted by Crippen LogP contribution is -2.42. The minimum Gasteiger partial charge on any atom is -0.494 e. The fourth-order valence-electron chi connectivity index (χ4n) is 6.12. The highest BCUT2D eigenvalue weighted by Gasteiger charge is 2.28. The van der Waals surface area contributed by atoms with Crippen molar-refractivity contribution >= 4 is 16.8 Å². The Morgan fingerprint density at radius 3 is 2.33 bits per heavy atom. The lowest BCUT2D eigenvalue weighted by molar-refractivity contribution is -0.133. The van der Waals surface area contributed by atoms with E-state index in [1.165, 1.54) is 23.8 Å². The molecule has 0 N–H and O–H groups in total. The Morgan fingerprint density at radius 2 is 1.62 bits per heavy atom. The molecule has 1 amide bonds. The van der Waals surface area contributed by atoms with Crippen LogP contribution in [0.3, 0.4) is 0 Å². The highest BCUT2D eigenvalue weighted by molar-refractivity contribution is 5.80. The molecular weight excluding hydrogens is 567 g/mol. The van der Waals surface area contributed by atoms with Crippen LogP contribution in [0.2, 0.25) is 0 Å². The van der Waals surface area contributed by atoms with E-state index in [-0.39, 0.29) is 23.6 Å². The Labute approximate surface area is 262 Å². The predicted molar refractivity (Wildman–Crippen MR) is 175 cm³/mol. The number of methoxy groups -OCH3 is 1. The Morgan fingerprint density at radius 1 is 0.933 bits per heavy atom. The summed E-state index contributed by atoms with van der Waals surface area (Å²) >= 11 is 0. The topological polar surface area (TPSA) is 67.7 Å². The van der Waals surface area contributed by atoms with E-state index in [2.05, 4.69) is 17.0 Å². The largest absolute Gasteiger partial charge is 0.494 e. The van der Waals surface area contributed by atoms with Gasteiger partial charge in [0.2, 0.25) is 5.91 Å². The van der Waals surface area contributed by atoms with Crippen molar-refractivity contribution in [1.82, 2.24) is 19.4 Å². The van der Waals surface area contributed by atoms with Gasteiger partial charge in [0.15, 0.2) is 11.6 Å². The third-order valence-electron chi connectivity index (χ3n) is 8.63. The fraction of sp³-hybridized carbons (Fsp3) is 0.270. The molecule has 230 valence electrons. The third-order valence-corrected chi connectivity index (χ3v) is 8.63. The standard InChI is InChI=1S/C37H37FN4O3/c1-26(36-39-33-13-7-6-12-31(33)37(44)42(36)30-18-19-34(45-2)32(38)25-30)41(23-22-40-20-8-9-21-40)35(43)24-27-14-16-29(17-15-27)28-10-4-3-5-11-28/h3-7,10-19,25-26H,8-9,20-24H2,1-2H3. The molecule has 1 aliphatic rings. The van der Waals surface area contributed by atoms with Crippen LogP contribution in [0.5, 0.6) is 5.75 Å². The van der Waals surface area contributed by atoms with E-state index in [0.29, 0.717) is 29.0 Å². The van der Waals surface area contributed by atoms with Gasteiger partial charge in [0, 0.05) is 19.2 Å². The van der Waals surface area contributed by atoms with Gasteiger partial charge >= 0.3 is 0 Å². The summed E-state index contributed by atoms with van der Waals surface area (Å²) in [6, 6.07) is 29.1. The van der Waals surface area contributed by atoms with Crippen molar-refractivity contribution in [3.63, 3.8) is 0 Å². The molecule has 1 atom stereocenters. The number of hydrogen-bond donors (Lipinski definition) is 0. The normalized spacial score (nSPS) is 14.0. The zero-order valence-corrected chi connectivity index (χ0v) is 25.7. The van der Waals surface area contributed by atoms with Crippen LogP contribution in [-0.2, 0) is 11.2 Å². The van der Waals surface area contributed by atoms with Gasteiger partial charge in [-0.1, -0.05) is 66.7 Å². The first kappa shape index (κ1) is 30.2. The summed E-state index contributed by atoms with van der Waals surface area (Å²) in [5.74, 6) is -0.202. The molecule has 0 bridgehead atoms. The number of aromatic nitrogens is 2. The van der Waals surface area contributed by atoms with Gasteiger partial charge in [0.25, 0.3) is 5.56 Å². The van der Waals surface area contributed by atoms with Gasteiger partial charge in [-0.25, -0.2) is 9.37 Å². The maximum atomic E-state index is 14.9. The second-order valence-corrected chi connectivity index (χ2v) is 11.5. The average molecular weight is 605 g/mol. The minimum atomic E-state index is -0.588. The smallest absolute Gasteiger partial charge is 0.266 e. The van der Waals surface area contributed by atoms with E-state index in [1.807, 2.05) is 60.4 Å². The molecule has 8 heteroatoms. The van der Waals surface area contributed by atoms with Gasteiger partial charge in [-0.3, -0.25) is 14.2 Å². The van der Waals surface area contributed by atoms with Gasteiger partial charge in [0.05, 0.1) is 36.2 Å². The highest BCUT2D eigenvalue weighted by Crippen LogP contribution is 2.27. The van der Waals surface area contributed by atoms with Crippen LogP contribution < -0.4 is 10.3 Å². The van der Waals surface area contributed by atoms with E-state index >= 15 is 0 Å². The fourth-order valence-corrected chi connectivity index (χ4v) is 6.12. The molecule has 1 aliphatic heterocycles. The summed E-state index contributed by atoms with van der Waals surface area (Å²) < 4.78 is 21.5. The van der Waals surface area contributed by atoms with E-state index in [1.54, 1.807) is 24.3 Å². The quantitative estimate of drug-likeness (QED) is 0.184. The van der Waals surface area contributed by atoms with Gasteiger partial charge < -0.3 is 14.5 Å². The number of rotatable bonds is 10. The number of halogens is 1. The number of carbonyl (C=O) groups is 1. The van der Waals surface area contributed by atoms with E-state index in [4.69, 9.17) is 9.72 Å². The van der Waals surface area contributed by atoms with Crippen molar-refractivity contribution in [3.8, 4) is 22.6 Å². The zero-order valence-electron chi connectivity index (χ0n) is 25.7. The first-order chi connectivity index (χ1) is 21.9. The summed E-state index contributed by atoms with van der Waals surface area (Å²) in [5, 5.41) is 0.415. The third kappa shape index (κ3) is 6.51. The molecule has 2 heterocycles. The second-order valence-electron chi connectivity index (χ2n) is 11.5. The second kappa shape index (κ2) is 13.4. The van der Waals surface area contributed by atoms with Gasteiger partial charge in [-0.05, 0) is 73.8 Å². The van der Waals surface area contributed by atoms with Crippen molar-refractivity contribution in [2.45, 2.75) is 32.2 Å². The number of amides is 1. The molecule has 1 saturated heterocycles. The molecule has 0 radical (unpaired) electrons. The number of fused-ring (bicyclic) bond motifs is 1. The molecule has 45 heavy (non-hydrogen) atoms. The predicted octanol–water partition coefficient (Wildman–Crippen LogP) is 6.43.